The number of ketones is 1. The standard InChI is InChI=1S/C38H42O9/c1-22(2)36-18-24(4)38-28(34(36)45-37(46-36,47-38)20-25-10-8-7-9-11-25)15-27(19-35(41)31(38)14-23(3)33(35)40)21-44-32(39)17-26-12-13-29(42-5)30(16-26)43-6/h7-16,24,28,31,34,41H,1,17-21H2,2-6H3/t24-,28+,31-,34-,35-,36-,37-,38-/m1/s1. The zero-order valence-electron chi connectivity index (χ0n) is 27.5. The minimum absolute atomic E-state index is 0.00163. The van der Waals surface area contributed by atoms with Gasteiger partial charge in [-0.1, -0.05) is 62.1 Å². The summed E-state index contributed by atoms with van der Waals surface area (Å²) >= 11 is 0. The summed E-state index contributed by atoms with van der Waals surface area (Å²) in [5, 5.41) is 12.4. The third-order valence-corrected chi connectivity index (χ3v) is 10.9. The highest BCUT2D eigenvalue weighted by Gasteiger charge is 2.79. The fourth-order valence-electron chi connectivity index (χ4n) is 8.87. The van der Waals surface area contributed by atoms with Gasteiger partial charge in [0.15, 0.2) is 17.3 Å². The van der Waals surface area contributed by atoms with E-state index in [-0.39, 0.29) is 31.1 Å². The van der Waals surface area contributed by atoms with E-state index in [0.29, 0.717) is 41.1 Å². The van der Waals surface area contributed by atoms with E-state index in [0.717, 1.165) is 11.1 Å². The van der Waals surface area contributed by atoms with E-state index in [2.05, 4.69) is 13.5 Å². The monoisotopic (exact) mass is 642 g/mol. The summed E-state index contributed by atoms with van der Waals surface area (Å²) in [5.74, 6) is -2.42. The van der Waals surface area contributed by atoms with Crippen LogP contribution in [-0.2, 0) is 41.4 Å². The van der Waals surface area contributed by atoms with Gasteiger partial charge in [0.1, 0.15) is 23.9 Å². The predicted molar refractivity (Wildman–Crippen MR) is 172 cm³/mol. The van der Waals surface area contributed by atoms with Crippen LogP contribution >= 0.6 is 0 Å². The second-order valence-electron chi connectivity index (χ2n) is 13.9. The zero-order valence-corrected chi connectivity index (χ0v) is 27.5. The minimum Gasteiger partial charge on any atom is -0.493 e. The van der Waals surface area contributed by atoms with Gasteiger partial charge in [-0.15, -0.1) is 0 Å². The maximum absolute atomic E-state index is 13.8. The first-order valence-corrected chi connectivity index (χ1v) is 16.2. The number of rotatable bonds is 9. The van der Waals surface area contributed by atoms with E-state index in [9.17, 15) is 14.7 Å². The van der Waals surface area contributed by atoms with Crippen LogP contribution in [-0.4, -0.2) is 66.6 Å². The molecule has 0 amide bonds. The van der Waals surface area contributed by atoms with Gasteiger partial charge in [0.05, 0.1) is 32.7 Å². The number of carbonyl (C=O) groups is 2. The van der Waals surface area contributed by atoms with Crippen molar-refractivity contribution in [1.82, 2.24) is 0 Å². The number of esters is 1. The minimum atomic E-state index is -1.79. The summed E-state index contributed by atoms with van der Waals surface area (Å²) in [6, 6.07) is 15.1. The van der Waals surface area contributed by atoms with Crippen LogP contribution in [0.25, 0.3) is 0 Å². The zero-order chi connectivity index (χ0) is 33.4. The lowest BCUT2D eigenvalue weighted by atomic mass is 9.55. The molecule has 3 fully saturated rings. The normalized spacial score (nSPS) is 36.5. The van der Waals surface area contributed by atoms with Crippen molar-refractivity contribution in [1.29, 1.82) is 0 Å². The molecule has 7 rings (SSSR count). The SMILES string of the molecule is C=C(C)[C@]12C[C@@H](C)[C@@]34O[C@](Cc5ccccc5)(O[C@@H]1[C@@H]3C=C(COC(=O)Cc1ccc(OC)c(OC)c1)C[C@]1(O)C(=O)C(C)=C[C@@H]41)O2. The summed E-state index contributed by atoms with van der Waals surface area (Å²) in [6.45, 7) is 10.1. The first-order chi connectivity index (χ1) is 22.4. The third-order valence-electron chi connectivity index (χ3n) is 10.9. The second-order valence-corrected chi connectivity index (χ2v) is 13.9. The van der Waals surface area contributed by atoms with E-state index >= 15 is 0 Å². The molecule has 8 atom stereocenters. The Morgan fingerprint density at radius 3 is 2.49 bits per heavy atom. The number of carbonyl (C=O) groups excluding carboxylic acids is 2. The van der Waals surface area contributed by atoms with Gasteiger partial charge in [0.25, 0.3) is 5.97 Å². The molecule has 0 unspecified atom stereocenters. The van der Waals surface area contributed by atoms with Gasteiger partial charge in [-0.25, -0.2) is 0 Å². The molecule has 1 saturated carbocycles. The number of hydrogen-bond acceptors (Lipinski definition) is 9. The fraction of sp³-hybridized carbons (Fsp3) is 0.474. The molecule has 3 bridgehead atoms. The summed E-state index contributed by atoms with van der Waals surface area (Å²) in [7, 11) is 3.09. The molecular weight excluding hydrogens is 600 g/mol. The van der Waals surface area contributed by atoms with Crippen molar-refractivity contribution in [3.05, 3.63) is 95.1 Å². The number of aliphatic hydroxyl groups is 1. The largest absolute Gasteiger partial charge is 0.493 e. The van der Waals surface area contributed by atoms with Crippen molar-refractivity contribution in [3.8, 4) is 11.5 Å². The molecule has 2 saturated heterocycles. The van der Waals surface area contributed by atoms with E-state index in [4.69, 9.17) is 28.4 Å². The van der Waals surface area contributed by atoms with Crippen molar-refractivity contribution in [3.63, 3.8) is 0 Å². The molecule has 3 aliphatic carbocycles. The van der Waals surface area contributed by atoms with E-state index in [1.807, 2.05) is 49.4 Å². The molecule has 0 spiro atoms. The Hall–Kier alpha value is -3.76. The highest BCUT2D eigenvalue weighted by atomic mass is 16.9. The van der Waals surface area contributed by atoms with Gasteiger partial charge in [-0.2, -0.15) is 0 Å². The Kier molecular flexibility index (Phi) is 7.55. The van der Waals surface area contributed by atoms with E-state index in [1.165, 1.54) is 7.11 Å². The summed E-state index contributed by atoms with van der Waals surface area (Å²) < 4.78 is 37.4. The Labute approximate surface area is 275 Å². The van der Waals surface area contributed by atoms with Crippen LogP contribution in [0.15, 0.2) is 84.0 Å². The third kappa shape index (κ3) is 4.73. The van der Waals surface area contributed by atoms with Crippen LogP contribution in [0.1, 0.15) is 44.7 Å². The fourth-order valence-corrected chi connectivity index (χ4v) is 8.87. The lowest BCUT2D eigenvalue weighted by Crippen LogP contribution is -2.70. The molecule has 2 aromatic carbocycles. The Bertz CT molecular complexity index is 1700. The van der Waals surface area contributed by atoms with Crippen LogP contribution in [0.2, 0.25) is 0 Å². The molecule has 2 aliphatic heterocycles. The maximum Gasteiger partial charge on any atom is 0.310 e. The molecule has 9 heteroatoms. The smallest absolute Gasteiger partial charge is 0.310 e. The lowest BCUT2D eigenvalue weighted by Gasteiger charge is -2.59. The average molecular weight is 643 g/mol. The number of fused-ring (bicyclic) bond motifs is 2. The maximum atomic E-state index is 13.8. The molecule has 5 aliphatic rings. The van der Waals surface area contributed by atoms with Crippen molar-refractivity contribution in [2.24, 2.45) is 17.8 Å². The van der Waals surface area contributed by atoms with Gasteiger partial charge in [-0.3, -0.25) is 9.59 Å². The molecular formula is C38H42O9. The number of benzene rings is 2. The quantitative estimate of drug-likeness (QED) is 0.297. The second kappa shape index (κ2) is 11.2. The van der Waals surface area contributed by atoms with Gasteiger partial charge in [0, 0.05) is 18.3 Å². The Balaban J connectivity index is 1.25. The first kappa shape index (κ1) is 31.8. The number of methoxy groups -OCH3 is 2. The number of Topliss-reactive ketones (excluding diaryl/α,β-unsaturated/α-hetero) is 1. The van der Waals surface area contributed by atoms with Crippen molar-refractivity contribution in [2.45, 2.75) is 75.3 Å². The van der Waals surface area contributed by atoms with Gasteiger partial charge >= 0.3 is 5.97 Å². The van der Waals surface area contributed by atoms with Crippen LogP contribution in [0, 0.1) is 17.8 Å². The Morgan fingerprint density at radius 2 is 1.79 bits per heavy atom. The topological polar surface area (TPSA) is 110 Å². The van der Waals surface area contributed by atoms with Gasteiger partial charge < -0.3 is 33.5 Å². The summed E-state index contributed by atoms with van der Waals surface area (Å²) in [4.78, 5) is 26.9. The van der Waals surface area contributed by atoms with Crippen LogP contribution in [0.5, 0.6) is 11.5 Å². The lowest BCUT2D eigenvalue weighted by molar-refractivity contribution is -0.421. The highest BCUT2D eigenvalue weighted by molar-refractivity contribution is 6.04. The molecule has 2 aromatic rings. The molecule has 47 heavy (non-hydrogen) atoms. The molecule has 2 heterocycles. The molecule has 0 aromatic heterocycles. The first-order valence-electron chi connectivity index (χ1n) is 16.2. The highest BCUT2D eigenvalue weighted by Crippen LogP contribution is 2.68. The van der Waals surface area contributed by atoms with Crippen LogP contribution < -0.4 is 9.47 Å². The molecule has 0 radical (unpaired) electrons. The summed E-state index contributed by atoms with van der Waals surface area (Å²) in [5.41, 5.74) is -0.0661. The molecule has 1 N–H and O–H groups in total. The number of hydrogen-bond donors (Lipinski definition) is 1. The van der Waals surface area contributed by atoms with Crippen molar-refractivity contribution >= 4 is 11.8 Å². The average Bonchev–Trinajstić information content (AvgIpc) is 3.35. The molecule has 248 valence electrons. The van der Waals surface area contributed by atoms with E-state index in [1.54, 1.807) is 32.2 Å². The van der Waals surface area contributed by atoms with Crippen LogP contribution in [0.4, 0.5) is 0 Å². The summed E-state index contributed by atoms with van der Waals surface area (Å²) in [6.07, 6.45) is 4.27. The van der Waals surface area contributed by atoms with Crippen molar-refractivity contribution < 1.29 is 43.1 Å². The predicted octanol–water partition coefficient (Wildman–Crippen LogP) is 5.05. The van der Waals surface area contributed by atoms with Crippen molar-refractivity contribution in [2.75, 3.05) is 20.8 Å². The van der Waals surface area contributed by atoms with Crippen LogP contribution in [0.3, 0.4) is 0 Å². The molecule has 9 nitrogen and oxygen atoms in total. The van der Waals surface area contributed by atoms with Gasteiger partial charge in [-0.05, 0) is 66.2 Å². The Morgan fingerprint density at radius 1 is 1.04 bits per heavy atom. The van der Waals surface area contributed by atoms with E-state index < -0.39 is 46.7 Å². The number of ether oxygens (including phenoxy) is 6. The van der Waals surface area contributed by atoms with Gasteiger partial charge in [0.2, 0.25) is 0 Å².